The Morgan fingerprint density at radius 3 is 2.87 bits per heavy atom. The highest BCUT2D eigenvalue weighted by atomic mass is 32.1. The largest absolute Gasteiger partial charge is 0.333 e. The van der Waals surface area contributed by atoms with Crippen molar-refractivity contribution in [3.8, 4) is 0 Å². The number of amides is 2. The topological polar surface area (TPSA) is 71.3 Å². The minimum atomic E-state index is -0.212. The predicted molar refractivity (Wildman–Crippen MR) is 90.3 cm³/mol. The maximum absolute atomic E-state index is 12.2. The van der Waals surface area contributed by atoms with Crippen LogP contribution in [0.25, 0.3) is 5.65 Å². The summed E-state index contributed by atoms with van der Waals surface area (Å²) >= 11 is 1.62. The number of rotatable bonds is 5. The van der Waals surface area contributed by atoms with Crippen molar-refractivity contribution in [3.63, 3.8) is 0 Å². The third-order valence-corrected chi connectivity index (χ3v) is 4.45. The number of urea groups is 1. The molecule has 0 aliphatic carbocycles. The van der Waals surface area contributed by atoms with Gasteiger partial charge in [-0.25, -0.2) is 4.79 Å². The molecule has 0 aliphatic rings. The highest BCUT2D eigenvalue weighted by Crippen LogP contribution is 2.20. The molecule has 0 aromatic carbocycles. The van der Waals surface area contributed by atoms with Gasteiger partial charge in [0.1, 0.15) is 0 Å². The Morgan fingerprint density at radius 1 is 1.26 bits per heavy atom. The van der Waals surface area contributed by atoms with Gasteiger partial charge in [-0.3, -0.25) is 4.40 Å². The third kappa shape index (κ3) is 3.50. The Bertz CT molecular complexity index is 781. The molecule has 3 heterocycles. The van der Waals surface area contributed by atoms with E-state index in [4.69, 9.17) is 0 Å². The molecular formula is C16H19N5OS. The molecule has 3 aromatic heterocycles. The number of pyridine rings is 1. The van der Waals surface area contributed by atoms with E-state index in [0.717, 1.165) is 16.3 Å². The molecule has 23 heavy (non-hydrogen) atoms. The van der Waals surface area contributed by atoms with Gasteiger partial charge in [-0.15, -0.1) is 21.5 Å². The molecule has 0 saturated carbocycles. The van der Waals surface area contributed by atoms with E-state index < -0.39 is 0 Å². The minimum Gasteiger partial charge on any atom is -0.333 e. The maximum atomic E-state index is 12.2. The van der Waals surface area contributed by atoms with Crippen LogP contribution in [0.15, 0.2) is 41.9 Å². The van der Waals surface area contributed by atoms with Crippen molar-refractivity contribution in [2.24, 2.45) is 5.92 Å². The average molecular weight is 329 g/mol. The van der Waals surface area contributed by atoms with Gasteiger partial charge in [-0.1, -0.05) is 26.0 Å². The lowest BCUT2D eigenvalue weighted by atomic mass is 10.0. The number of hydrogen-bond donors (Lipinski definition) is 2. The maximum Gasteiger partial charge on any atom is 0.315 e. The molecule has 0 unspecified atom stereocenters. The quantitative estimate of drug-likeness (QED) is 0.756. The van der Waals surface area contributed by atoms with E-state index in [1.165, 1.54) is 0 Å². The van der Waals surface area contributed by atoms with Gasteiger partial charge in [0.25, 0.3) is 0 Å². The molecule has 1 atom stereocenters. The van der Waals surface area contributed by atoms with Gasteiger partial charge < -0.3 is 10.6 Å². The number of aromatic nitrogens is 3. The first-order valence-electron chi connectivity index (χ1n) is 7.51. The first kappa shape index (κ1) is 15.5. The van der Waals surface area contributed by atoms with Crippen LogP contribution in [0.3, 0.4) is 0 Å². The fraction of sp³-hybridized carbons (Fsp3) is 0.312. The van der Waals surface area contributed by atoms with Crippen molar-refractivity contribution >= 4 is 23.0 Å². The molecule has 0 bridgehead atoms. The van der Waals surface area contributed by atoms with Crippen LogP contribution >= 0.6 is 11.3 Å². The zero-order valence-corrected chi connectivity index (χ0v) is 13.9. The second kappa shape index (κ2) is 6.78. The van der Waals surface area contributed by atoms with E-state index in [1.807, 2.05) is 60.2 Å². The molecule has 7 heteroatoms. The second-order valence-corrected chi connectivity index (χ2v) is 6.65. The SMILES string of the molecule is CC(C)[C@H](NC(=O)NCc1cccs1)c1nnc2ccccn12. The summed E-state index contributed by atoms with van der Waals surface area (Å²) in [5.74, 6) is 0.928. The Morgan fingerprint density at radius 2 is 2.13 bits per heavy atom. The Hall–Kier alpha value is -2.41. The number of carbonyl (C=O) groups is 1. The van der Waals surface area contributed by atoms with Crippen LogP contribution in [0.4, 0.5) is 4.79 Å². The van der Waals surface area contributed by atoms with Crippen molar-refractivity contribution in [1.82, 2.24) is 25.2 Å². The number of nitrogens with zero attached hydrogens (tertiary/aromatic N) is 3. The van der Waals surface area contributed by atoms with E-state index in [2.05, 4.69) is 20.8 Å². The molecule has 2 N–H and O–H groups in total. The zero-order valence-electron chi connectivity index (χ0n) is 13.1. The van der Waals surface area contributed by atoms with Crippen molar-refractivity contribution in [1.29, 1.82) is 0 Å². The molecule has 0 saturated heterocycles. The minimum absolute atomic E-state index is 0.190. The van der Waals surface area contributed by atoms with Crippen LogP contribution in [0.1, 0.15) is 30.6 Å². The molecule has 6 nitrogen and oxygen atoms in total. The van der Waals surface area contributed by atoms with Crippen LogP contribution in [-0.2, 0) is 6.54 Å². The van der Waals surface area contributed by atoms with Gasteiger partial charge in [0.2, 0.25) is 0 Å². The smallest absolute Gasteiger partial charge is 0.315 e. The molecule has 120 valence electrons. The van der Waals surface area contributed by atoms with Crippen molar-refractivity contribution in [2.75, 3.05) is 0 Å². The number of carbonyl (C=O) groups excluding carboxylic acids is 1. The van der Waals surface area contributed by atoms with Crippen LogP contribution < -0.4 is 10.6 Å². The molecule has 0 radical (unpaired) electrons. The van der Waals surface area contributed by atoms with E-state index in [-0.39, 0.29) is 18.0 Å². The molecular weight excluding hydrogens is 310 g/mol. The Kier molecular flexibility index (Phi) is 4.57. The summed E-state index contributed by atoms with van der Waals surface area (Å²) in [5.41, 5.74) is 0.772. The Labute approximate surface area is 138 Å². The summed E-state index contributed by atoms with van der Waals surface area (Å²) in [6, 6.07) is 9.29. The van der Waals surface area contributed by atoms with Gasteiger partial charge in [0, 0.05) is 11.1 Å². The lowest BCUT2D eigenvalue weighted by molar-refractivity contribution is 0.231. The van der Waals surface area contributed by atoms with Crippen molar-refractivity contribution in [2.45, 2.75) is 26.4 Å². The standard InChI is InChI=1S/C16H19N5OS/c1-11(2)14(15-20-19-13-7-3-4-8-21(13)15)18-16(22)17-10-12-6-5-9-23-12/h3-9,11,14H,10H2,1-2H3,(H2,17,18,22)/t14-/m0/s1. The lowest BCUT2D eigenvalue weighted by Gasteiger charge is -2.21. The summed E-state index contributed by atoms with van der Waals surface area (Å²) in [5, 5.41) is 16.3. The number of hydrogen-bond acceptors (Lipinski definition) is 4. The number of fused-ring (bicyclic) bond motifs is 1. The summed E-state index contributed by atoms with van der Waals surface area (Å²) in [6.45, 7) is 4.62. The normalized spacial score (nSPS) is 12.5. The summed E-state index contributed by atoms with van der Waals surface area (Å²) in [7, 11) is 0. The van der Waals surface area contributed by atoms with Gasteiger partial charge in [0.15, 0.2) is 11.5 Å². The molecule has 0 fully saturated rings. The second-order valence-electron chi connectivity index (χ2n) is 5.62. The first-order valence-corrected chi connectivity index (χ1v) is 8.39. The fourth-order valence-electron chi connectivity index (χ4n) is 2.37. The fourth-order valence-corrected chi connectivity index (χ4v) is 3.02. The highest BCUT2D eigenvalue weighted by Gasteiger charge is 2.23. The van der Waals surface area contributed by atoms with Gasteiger partial charge in [0.05, 0.1) is 12.6 Å². The van der Waals surface area contributed by atoms with Crippen molar-refractivity contribution < 1.29 is 4.79 Å². The van der Waals surface area contributed by atoms with E-state index in [9.17, 15) is 4.79 Å². The lowest BCUT2D eigenvalue weighted by Crippen LogP contribution is -2.40. The molecule has 3 aromatic rings. The molecule has 3 rings (SSSR count). The summed E-state index contributed by atoms with van der Waals surface area (Å²) in [6.07, 6.45) is 1.91. The van der Waals surface area contributed by atoms with Gasteiger partial charge in [-0.2, -0.15) is 0 Å². The predicted octanol–water partition coefficient (Wildman–Crippen LogP) is 2.99. The van der Waals surface area contributed by atoms with Crippen LogP contribution in [0.5, 0.6) is 0 Å². The highest BCUT2D eigenvalue weighted by molar-refractivity contribution is 7.09. The summed E-state index contributed by atoms with van der Waals surface area (Å²) < 4.78 is 1.91. The monoisotopic (exact) mass is 329 g/mol. The first-order chi connectivity index (χ1) is 11.1. The third-order valence-electron chi connectivity index (χ3n) is 3.57. The molecule has 2 amide bonds. The van der Waals surface area contributed by atoms with Crippen LogP contribution in [0.2, 0.25) is 0 Å². The van der Waals surface area contributed by atoms with Crippen LogP contribution in [-0.4, -0.2) is 20.6 Å². The number of thiophene rings is 1. The van der Waals surface area contributed by atoms with E-state index in [0.29, 0.717) is 6.54 Å². The van der Waals surface area contributed by atoms with Crippen LogP contribution in [0, 0.1) is 5.92 Å². The zero-order chi connectivity index (χ0) is 16.2. The van der Waals surface area contributed by atoms with Crippen molar-refractivity contribution in [3.05, 3.63) is 52.6 Å². The van der Waals surface area contributed by atoms with E-state index >= 15 is 0 Å². The Balaban J connectivity index is 1.73. The molecule has 0 aliphatic heterocycles. The van der Waals surface area contributed by atoms with Gasteiger partial charge in [-0.05, 0) is 29.5 Å². The average Bonchev–Trinajstić information content (AvgIpc) is 3.20. The van der Waals surface area contributed by atoms with Gasteiger partial charge >= 0.3 is 6.03 Å². The number of nitrogens with one attached hydrogen (secondary N) is 2. The molecule has 0 spiro atoms. The summed E-state index contributed by atoms with van der Waals surface area (Å²) in [4.78, 5) is 13.3. The van der Waals surface area contributed by atoms with E-state index in [1.54, 1.807) is 11.3 Å².